The minimum Gasteiger partial charge on any atom is -0.490 e. The van der Waals surface area contributed by atoms with Gasteiger partial charge in [-0.3, -0.25) is 9.69 Å². The third kappa shape index (κ3) is 6.50. The average Bonchev–Trinajstić information content (AvgIpc) is 3.71. The normalized spacial score (nSPS) is 23.3. The maximum absolute atomic E-state index is 15.9. The van der Waals surface area contributed by atoms with Crippen LogP contribution in [0.1, 0.15) is 79.4 Å². The molecule has 1 unspecified atom stereocenters. The molecule has 1 amide bonds. The molecule has 41 heavy (non-hydrogen) atoms. The standard InChI is InChI=1S/C31H36Cl2F2N2O4/c1-18-6-9-37(28(18)30(39)40-3)29(38)25-15-24(20-4-5-20)27(16-26(25)34)41-17-31(35)7-10-36(11-8-31)19(2)21-12-22(32)14-23(33)13-21/h12-16,18-20,28H,4-11,17H2,1-3H3/t18?,19-,28-/m0/s1. The molecule has 3 atom stereocenters. The Morgan fingerprint density at radius 3 is 2.32 bits per heavy atom. The topological polar surface area (TPSA) is 59.1 Å². The van der Waals surface area contributed by atoms with E-state index in [1.807, 2.05) is 26.0 Å². The Bertz CT molecular complexity index is 1290. The highest BCUT2D eigenvalue weighted by molar-refractivity contribution is 6.34. The first-order chi connectivity index (χ1) is 19.5. The zero-order chi connectivity index (χ0) is 29.5. The number of rotatable bonds is 8. The minimum atomic E-state index is -1.56. The van der Waals surface area contributed by atoms with E-state index in [0.717, 1.165) is 18.4 Å². The number of piperidine rings is 1. The molecule has 0 N–H and O–H groups in total. The Morgan fingerprint density at radius 2 is 1.71 bits per heavy atom. The van der Waals surface area contributed by atoms with Gasteiger partial charge in [-0.15, -0.1) is 0 Å². The second kappa shape index (κ2) is 12.1. The summed E-state index contributed by atoms with van der Waals surface area (Å²) in [5.41, 5.74) is 0.0308. The molecule has 1 saturated carbocycles. The van der Waals surface area contributed by atoms with E-state index in [-0.39, 0.29) is 48.6 Å². The first-order valence-corrected chi connectivity index (χ1v) is 15.0. The number of amides is 1. The summed E-state index contributed by atoms with van der Waals surface area (Å²) in [7, 11) is 1.28. The number of benzene rings is 2. The predicted molar refractivity (Wildman–Crippen MR) is 154 cm³/mol. The summed E-state index contributed by atoms with van der Waals surface area (Å²) in [6.07, 6.45) is 2.95. The van der Waals surface area contributed by atoms with Crippen molar-refractivity contribution in [1.29, 1.82) is 0 Å². The lowest BCUT2D eigenvalue weighted by molar-refractivity contribution is -0.146. The summed E-state index contributed by atoms with van der Waals surface area (Å²) in [6.45, 7) is 5.13. The van der Waals surface area contributed by atoms with Gasteiger partial charge in [-0.1, -0.05) is 30.1 Å². The molecule has 0 aromatic heterocycles. The molecule has 1 aliphatic carbocycles. The van der Waals surface area contributed by atoms with Gasteiger partial charge < -0.3 is 14.4 Å². The Balaban J connectivity index is 1.26. The maximum Gasteiger partial charge on any atom is 0.328 e. The van der Waals surface area contributed by atoms with Gasteiger partial charge in [0, 0.05) is 41.8 Å². The zero-order valence-corrected chi connectivity index (χ0v) is 25.1. The molecule has 222 valence electrons. The van der Waals surface area contributed by atoms with Gasteiger partial charge in [-0.2, -0.15) is 0 Å². The number of alkyl halides is 1. The van der Waals surface area contributed by atoms with E-state index in [1.54, 1.807) is 6.07 Å². The van der Waals surface area contributed by atoms with Crippen LogP contribution in [-0.2, 0) is 9.53 Å². The van der Waals surface area contributed by atoms with Gasteiger partial charge in [0.05, 0.1) is 12.7 Å². The largest absolute Gasteiger partial charge is 0.490 e. The molecule has 2 aromatic carbocycles. The van der Waals surface area contributed by atoms with Gasteiger partial charge in [-0.05, 0) is 86.3 Å². The molecular formula is C31H36Cl2F2N2O4. The highest BCUT2D eigenvalue weighted by atomic mass is 35.5. The number of likely N-dealkylation sites (tertiary alicyclic amines) is 2. The number of hydrogen-bond acceptors (Lipinski definition) is 5. The first-order valence-electron chi connectivity index (χ1n) is 14.2. The molecule has 2 saturated heterocycles. The van der Waals surface area contributed by atoms with Crippen molar-refractivity contribution >= 4 is 35.1 Å². The van der Waals surface area contributed by atoms with E-state index >= 15 is 8.78 Å². The molecule has 6 nitrogen and oxygen atoms in total. The van der Waals surface area contributed by atoms with E-state index in [1.165, 1.54) is 24.1 Å². The lowest BCUT2D eigenvalue weighted by Gasteiger charge is -2.39. The summed E-state index contributed by atoms with van der Waals surface area (Å²) >= 11 is 12.3. The number of halogens is 4. The van der Waals surface area contributed by atoms with Gasteiger partial charge >= 0.3 is 5.97 Å². The molecule has 2 aromatic rings. The number of hydrogen-bond donors (Lipinski definition) is 0. The van der Waals surface area contributed by atoms with Crippen LogP contribution in [0.3, 0.4) is 0 Å². The maximum atomic E-state index is 15.9. The summed E-state index contributed by atoms with van der Waals surface area (Å²) < 4.78 is 42.1. The van der Waals surface area contributed by atoms with Crippen LogP contribution in [0.4, 0.5) is 8.78 Å². The average molecular weight is 610 g/mol. The van der Waals surface area contributed by atoms with Crippen LogP contribution in [0.2, 0.25) is 10.0 Å². The van der Waals surface area contributed by atoms with Crippen molar-refractivity contribution in [2.45, 2.75) is 69.6 Å². The number of carbonyl (C=O) groups is 2. The van der Waals surface area contributed by atoms with Crippen LogP contribution in [-0.4, -0.2) is 66.7 Å². The second-order valence-corrected chi connectivity index (χ2v) is 12.6. The number of methoxy groups -OCH3 is 1. The second-order valence-electron chi connectivity index (χ2n) is 11.7. The Labute approximate surface area is 249 Å². The fourth-order valence-corrected chi connectivity index (χ4v) is 6.62. The molecular weight excluding hydrogens is 573 g/mol. The van der Waals surface area contributed by atoms with Crippen LogP contribution < -0.4 is 4.74 Å². The minimum absolute atomic E-state index is 0.0229. The van der Waals surface area contributed by atoms with Crippen molar-refractivity contribution in [3.63, 3.8) is 0 Å². The smallest absolute Gasteiger partial charge is 0.328 e. The third-order valence-corrected chi connectivity index (χ3v) is 9.28. The zero-order valence-electron chi connectivity index (χ0n) is 23.6. The Morgan fingerprint density at radius 1 is 1.05 bits per heavy atom. The monoisotopic (exact) mass is 608 g/mol. The van der Waals surface area contributed by atoms with E-state index in [9.17, 15) is 9.59 Å². The molecule has 5 rings (SSSR count). The molecule has 0 radical (unpaired) electrons. The van der Waals surface area contributed by atoms with Crippen molar-refractivity contribution in [2.24, 2.45) is 5.92 Å². The molecule has 10 heteroatoms. The van der Waals surface area contributed by atoms with Crippen molar-refractivity contribution in [3.05, 3.63) is 62.9 Å². The lowest BCUT2D eigenvalue weighted by Crippen LogP contribution is -2.45. The van der Waals surface area contributed by atoms with E-state index in [2.05, 4.69) is 4.90 Å². The summed E-state index contributed by atoms with van der Waals surface area (Å²) in [5, 5.41) is 1.13. The SMILES string of the molecule is COC(=O)[C@@H]1C(C)CCN1C(=O)c1cc(C2CC2)c(OCC2(F)CCN([C@@H](C)c3cc(Cl)cc(Cl)c3)CC2)cc1F. The van der Waals surface area contributed by atoms with Crippen LogP contribution in [0.25, 0.3) is 0 Å². The van der Waals surface area contributed by atoms with Gasteiger partial charge in [0.2, 0.25) is 0 Å². The first kappa shape index (κ1) is 30.1. The van der Waals surface area contributed by atoms with E-state index in [4.69, 9.17) is 32.7 Å². The Kier molecular flexibility index (Phi) is 8.84. The number of carbonyl (C=O) groups excluding carboxylic acids is 2. The molecule has 3 aliphatic rings. The van der Waals surface area contributed by atoms with Gasteiger partial charge in [-0.25, -0.2) is 13.6 Å². The van der Waals surface area contributed by atoms with Crippen LogP contribution in [0.5, 0.6) is 5.75 Å². The van der Waals surface area contributed by atoms with Crippen LogP contribution in [0.15, 0.2) is 30.3 Å². The summed E-state index contributed by atoms with van der Waals surface area (Å²) in [6, 6.07) is 7.45. The third-order valence-electron chi connectivity index (χ3n) is 8.85. The molecule has 2 aliphatic heterocycles. The fraction of sp³-hybridized carbons (Fsp3) is 0.548. The van der Waals surface area contributed by atoms with E-state index < -0.39 is 29.4 Å². The van der Waals surface area contributed by atoms with Crippen molar-refractivity contribution in [3.8, 4) is 5.75 Å². The highest BCUT2D eigenvalue weighted by Gasteiger charge is 2.42. The van der Waals surface area contributed by atoms with Crippen molar-refractivity contribution in [1.82, 2.24) is 9.80 Å². The quantitative estimate of drug-likeness (QED) is 0.303. The van der Waals surface area contributed by atoms with Gasteiger partial charge in [0.15, 0.2) is 0 Å². The predicted octanol–water partition coefficient (Wildman–Crippen LogP) is 6.98. The lowest BCUT2D eigenvalue weighted by atomic mass is 9.92. The van der Waals surface area contributed by atoms with Gasteiger partial charge in [0.25, 0.3) is 5.91 Å². The molecule has 0 spiro atoms. The van der Waals surface area contributed by atoms with E-state index in [0.29, 0.717) is 41.7 Å². The number of esters is 1. The van der Waals surface area contributed by atoms with Crippen LogP contribution in [0, 0.1) is 11.7 Å². The van der Waals surface area contributed by atoms with Crippen molar-refractivity contribution < 1.29 is 27.8 Å². The number of nitrogens with zero attached hydrogens (tertiary/aromatic N) is 2. The Hall–Kier alpha value is -2.42. The molecule has 0 bridgehead atoms. The molecule has 3 fully saturated rings. The van der Waals surface area contributed by atoms with Gasteiger partial charge in [0.1, 0.15) is 29.9 Å². The number of ether oxygens (including phenoxy) is 2. The van der Waals surface area contributed by atoms with Crippen molar-refractivity contribution in [2.75, 3.05) is 33.4 Å². The summed E-state index contributed by atoms with van der Waals surface area (Å²) in [4.78, 5) is 29.3. The van der Waals surface area contributed by atoms with Crippen LogP contribution >= 0.6 is 23.2 Å². The fourth-order valence-electron chi connectivity index (χ4n) is 6.07. The summed E-state index contributed by atoms with van der Waals surface area (Å²) in [5.74, 6) is -1.46. The molecule has 2 heterocycles. The highest BCUT2D eigenvalue weighted by Crippen LogP contribution is 2.46.